The van der Waals surface area contributed by atoms with Crippen LogP contribution in [0.15, 0.2) is 30.0 Å². The molecular formula is C16H19N3O3S. The zero-order valence-corrected chi connectivity index (χ0v) is 14.4. The second kappa shape index (κ2) is 6.78. The lowest BCUT2D eigenvalue weighted by atomic mass is 10.1. The number of benzene rings is 1. The minimum Gasteiger partial charge on any atom is -0.468 e. The van der Waals surface area contributed by atoms with Crippen molar-refractivity contribution in [3.05, 3.63) is 35.5 Å². The Balaban J connectivity index is 2.34. The molecule has 0 spiro atoms. The van der Waals surface area contributed by atoms with E-state index in [4.69, 9.17) is 12.2 Å². The van der Waals surface area contributed by atoms with Gasteiger partial charge >= 0.3 is 5.97 Å². The molecule has 1 aromatic carbocycles. The highest BCUT2D eigenvalue weighted by Gasteiger charge is 2.36. The maximum absolute atomic E-state index is 12.3. The molecule has 0 aromatic heterocycles. The lowest BCUT2D eigenvalue weighted by Gasteiger charge is -2.17. The molecule has 0 atom stereocenters. The standard InChI is InChI=1S/C16H19N3O3S/c1-17(2)12-7-5-11(6-8-12)9-13-15(21)18(3)16(23)19(13)10-14(20)22-4/h5-9H,10H2,1-4H3. The average molecular weight is 333 g/mol. The molecule has 0 N–H and O–H groups in total. The fourth-order valence-electron chi connectivity index (χ4n) is 2.17. The van der Waals surface area contributed by atoms with Crippen LogP contribution in [0.4, 0.5) is 5.69 Å². The van der Waals surface area contributed by atoms with Crippen LogP contribution in [-0.4, -0.2) is 61.6 Å². The number of hydrogen-bond acceptors (Lipinski definition) is 5. The quantitative estimate of drug-likeness (QED) is 0.471. The lowest BCUT2D eigenvalue weighted by molar-refractivity contribution is -0.140. The SMILES string of the molecule is COC(=O)CN1C(=S)N(C)C(=O)C1=Cc1ccc(N(C)C)cc1. The minimum absolute atomic E-state index is 0.0902. The Morgan fingerprint density at radius 2 is 1.91 bits per heavy atom. The molecule has 23 heavy (non-hydrogen) atoms. The number of ether oxygens (including phenoxy) is 1. The molecule has 7 heteroatoms. The average Bonchev–Trinajstić information content (AvgIpc) is 2.73. The van der Waals surface area contributed by atoms with E-state index < -0.39 is 5.97 Å². The molecule has 0 bridgehead atoms. The van der Waals surface area contributed by atoms with Crippen molar-refractivity contribution in [2.75, 3.05) is 39.7 Å². The first-order valence-corrected chi connectivity index (χ1v) is 7.41. The number of carbonyl (C=O) groups is 2. The van der Waals surface area contributed by atoms with Crippen molar-refractivity contribution >= 4 is 41.0 Å². The fraction of sp³-hybridized carbons (Fsp3) is 0.312. The van der Waals surface area contributed by atoms with Crippen LogP contribution >= 0.6 is 12.2 Å². The van der Waals surface area contributed by atoms with E-state index in [1.54, 1.807) is 13.1 Å². The summed E-state index contributed by atoms with van der Waals surface area (Å²) in [5.41, 5.74) is 2.27. The van der Waals surface area contributed by atoms with Gasteiger partial charge in [-0.25, -0.2) is 0 Å². The van der Waals surface area contributed by atoms with Gasteiger partial charge in [-0.05, 0) is 36.0 Å². The Morgan fingerprint density at radius 3 is 2.43 bits per heavy atom. The zero-order chi connectivity index (χ0) is 17.1. The molecule has 1 aliphatic rings. The van der Waals surface area contributed by atoms with Gasteiger partial charge in [-0.15, -0.1) is 0 Å². The smallest absolute Gasteiger partial charge is 0.325 e. The van der Waals surface area contributed by atoms with Gasteiger partial charge in [0.1, 0.15) is 12.2 Å². The van der Waals surface area contributed by atoms with Gasteiger partial charge in [-0.2, -0.15) is 0 Å². The highest BCUT2D eigenvalue weighted by molar-refractivity contribution is 7.80. The summed E-state index contributed by atoms with van der Waals surface area (Å²) in [5, 5.41) is 0.288. The normalized spacial score (nSPS) is 16.3. The van der Waals surface area contributed by atoms with E-state index in [1.807, 2.05) is 43.3 Å². The summed E-state index contributed by atoms with van der Waals surface area (Å²) in [6.07, 6.45) is 1.72. The van der Waals surface area contributed by atoms with Gasteiger partial charge in [-0.1, -0.05) is 12.1 Å². The summed E-state index contributed by atoms with van der Waals surface area (Å²) in [6.45, 7) is -0.0902. The molecule has 1 amide bonds. The van der Waals surface area contributed by atoms with Gasteiger partial charge in [0.2, 0.25) is 0 Å². The highest BCUT2D eigenvalue weighted by atomic mass is 32.1. The number of thiocarbonyl (C=S) groups is 1. The first kappa shape index (κ1) is 17.0. The molecule has 0 aliphatic carbocycles. The molecule has 0 saturated carbocycles. The number of esters is 1. The second-order valence-electron chi connectivity index (χ2n) is 5.32. The first-order valence-electron chi connectivity index (χ1n) is 7.00. The third-order valence-corrected chi connectivity index (χ3v) is 4.05. The number of amides is 1. The predicted molar refractivity (Wildman–Crippen MR) is 92.8 cm³/mol. The van der Waals surface area contributed by atoms with E-state index in [9.17, 15) is 9.59 Å². The van der Waals surface area contributed by atoms with Crippen LogP contribution < -0.4 is 4.90 Å². The third kappa shape index (κ3) is 3.50. The topological polar surface area (TPSA) is 53.1 Å². The van der Waals surface area contributed by atoms with E-state index >= 15 is 0 Å². The van der Waals surface area contributed by atoms with E-state index in [2.05, 4.69) is 4.74 Å². The van der Waals surface area contributed by atoms with Crippen molar-refractivity contribution < 1.29 is 14.3 Å². The summed E-state index contributed by atoms with van der Waals surface area (Å²) >= 11 is 5.23. The van der Waals surface area contributed by atoms with Gasteiger partial charge in [0.05, 0.1) is 7.11 Å². The summed E-state index contributed by atoms with van der Waals surface area (Å²) in [4.78, 5) is 28.7. The van der Waals surface area contributed by atoms with Crippen LogP contribution in [0.25, 0.3) is 6.08 Å². The van der Waals surface area contributed by atoms with Crippen molar-refractivity contribution in [1.82, 2.24) is 9.80 Å². The van der Waals surface area contributed by atoms with Gasteiger partial charge in [-0.3, -0.25) is 14.5 Å². The zero-order valence-electron chi connectivity index (χ0n) is 13.6. The Labute approximate surface area is 140 Å². The van der Waals surface area contributed by atoms with E-state index in [-0.39, 0.29) is 17.6 Å². The van der Waals surface area contributed by atoms with Crippen LogP contribution in [0.5, 0.6) is 0 Å². The van der Waals surface area contributed by atoms with Crippen LogP contribution in [0.1, 0.15) is 5.56 Å². The van der Waals surface area contributed by atoms with Gasteiger partial charge in [0.25, 0.3) is 5.91 Å². The molecule has 0 radical (unpaired) electrons. The van der Waals surface area contributed by atoms with E-state index in [1.165, 1.54) is 16.9 Å². The number of rotatable bonds is 4. The second-order valence-corrected chi connectivity index (χ2v) is 5.69. The molecule has 0 unspecified atom stereocenters. The number of nitrogens with zero attached hydrogens (tertiary/aromatic N) is 3. The third-order valence-electron chi connectivity index (χ3n) is 3.56. The maximum Gasteiger partial charge on any atom is 0.325 e. The number of carbonyl (C=O) groups excluding carboxylic acids is 2. The summed E-state index contributed by atoms with van der Waals surface area (Å²) < 4.78 is 4.67. The lowest BCUT2D eigenvalue weighted by Crippen LogP contribution is -2.33. The van der Waals surface area contributed by atoms with E-state index in [0.29, 0.717) is 5.70 Å². The molecule has 1 aromatic rings. The fourth-order valence-corrected chi connectivity index (χ4v) is 2.42. The van der Waals surface area contributed by atoms with Crippen molar-refractivity contribution in [3.8, 4) is 0 Å². The monoisotopic (exact) mass is 333 g/mol. The van der Waals surface area contributed by atoms with Crippen molar-refractivity contribution in [1.29, 1.82) is 0 Å². The Morgan fingerprint density at radius 1 is 1.30 bits per heavy atom. The maximum atomic E-state index is 12.3. The van der Waals surface area contributed by atoms with Gasteiger partial charge in [0, 0.05) is 26.8 Å². The molecule has 6 nitrogen and oxygen atoms in total. The summed E-state index contributed by atoms with van der Waals surface area (Å²) in [7, 11) is 6.81. The van der Waals surface area contributed by atoms with Crippen molar-refractivity contribution in [3.63, 3.8) is 0 Å². The molecule has 1 saturated heterocycles. The number of likely N-dealkylation sites (N-methyl/N-ethyl adjacent to an activating group) is 1. The largest absolute Gasteiger partial charge is 0.468 e. The van der Waals surface area contributed by atoms with Crippen LogP contribution in [0.2, 0.25) is 0 Å². The first-order chi connectivity index (χ1) is 10.8. The van der Waals surface area contributed by atoms with Crippen molar-refractivity contribution in [2.45, 2.75) is 0 Å². The number of anilines is 1. The van der Waals surface area contributed by atoms with Crippen molar-refractivity contribution in [2.24, 2.45) is 0 Å². The number of methoxy groups -OCH3 is 1. The predicted octanol–water partition coefficient (Wildman–Crippen LogP) is 1.33. The molecular weight excluding hydrogens is 314 g/mol. The van der Waals surface area contributed by atoms with Crippen LogP contribution in [0.3, 0.4) is 0 Å². The minimum atomic E-state index is -0.454. The molecule has 1 aliphatic heterocycles. The van der Waals surface area contributed by atoms with Crippen LogP contribution in [-0.2, 0) is 14.3 Å². The van der Waals surface area contributed by atoms with Crippen LogP contribution in [0, 0.1) is 0 Å². The van der Waals surface area contributed by atoms with Gasteiger partial charge < -0.3 is 14.5 Å². The summed E-state index contributed by atoms with van der Waals surface area (Å²) in [5.74, 6) is -0.695. The summed E-state index contributed by atoms with van der Waals surface area (Å²) in [6, 6.07) is 7.73. The highest BCUT2D eigenvalue weighted by Crippen LogP contribution is 2.23. The number of hydrogen-bond donors (Lipinski definition) is 0. The van der Waals surface area contributed by atoms with Gasteiger partial charge in [0.15, 0.2) is 5.11 Å². The van der Waals surface area contributed by atoms with E-state index in [0.717, 1.165) is 11.3 Å². The Hall–Kier alpha value is -2.41. The molecule has 122 valence electrons. The molecule has 1 heterocycles. The molecule has 2 rings (SSSR count). The Bertz CT molecular complexity index is 668. The molecule has 1 fully saturated rings. The Kier molecular flexibility index (Phi) is 5.00.